The number of hydrogen-bond acceptors (Lipinski definition) is 14. The van der Waals surface area contributed by atoms with Gasteiger partial charge in [-0.3, -0.25) is 33.6 Å². The zero-order valence-corrected chi connectivity index (χ0v) is 50.0. The van der Waals surface area contributed by atoms with Gasteiger partial charge in [-0.25, -0.2) is 4.79 Å². The summed E-state index contributed by atoms with van der Waals surface area (Å²) in [5.74, 6) is -12.8. The molecule has 28 heteroatoms. The van der Waals surface area contributed by atoms with Gasteiger partial charge in [0.05, 0.1) is 35.7 Å². The number of aromatic amines is 1. The Morgan fingerprint density at radius 1 is 0.607 bits per heavy atom. The Hall–Kier alpha value is -9.42. The number of rotatable bonds is 9. The van der Waals surface area contributed by atoms with Crippen LogP contribution < -0.4 is 31.3 Å². The van der Waals surface area contributed by atoms with Gasteiger partial charge in [0.2, 0.25) is 35.3 Å². The van der Waals surface area contributed by atoms with Crippen molar-refractivity contribution in [2.45, 2.75) is 49.1 Å². The molecule has 12 N–H and O–H groups in total. The number of ether oxygens (including phenoxy) is 1. The van der Waals surface area contributed by atoms with E-state index in [-0.39, 0.29) is 72.7 Å². The molecule has 6 amide bonds. The van der Waals surface area contributed by atoms with Crippen LogP contribution in [-0.4, -0.2) is 107 Å². The topological polar surface area (TPSA) is 346 Å². The first-order chi connectivity index (χ1) is 42.3. The molecule has 456 valence electrons. The largest absolute Gasteiger partial charge is 0.508 e. The first-order valence-electron chi connectivity index (χ1n) is 26.4. The number of ketones is 1. The number of carbonyl (C=O) groups excluding carboxylic acids is 7. The monoisotopic (exact) mass is 1330 g/mol. The highest BCUT2D eigenvalue weighted by molar-refractivity contribution is 6.45. The first kappa shape index (κ1) is 62.6. The lowest BCUT2D eigenvalue weighted by Gasteiger charge is -2.33. The molecule has 7 aromatic carbocycles. The van der Waals surface area contributed by atoms with Crippen molar-refractivity contribution in [1.29, 1.82) is 0 Å². The second kappa shape index (κ2) is 25.4. The van der Waals surface area contributed by atoms with Gasteiger partial charge in [-0.2, -0.15) is 0 Å². The van der Waals surface area contributed by atoms with Crippen molar-refractivity contribution >= 4 is 128 Å². The highest BCUT2D eigenvalue weighted by atomic mass is 35.5. The van der Waals surface area contributed by atoms with E-state index in [1.54, 1.807) is 18.2 Å². The van der Waals surface area contributed by atoms with E-state index in [9.17, 15) is 49.8 Å². The third-order valence-electron chi connectivity index (χ3n) is 14.9. The molecule has 0 saturated carbocycles. The van der Waals surface area contributed by atoms with E-state index in [0.717, 1.165) is 41.3 Å². The van der Waals surface area contributed by atoms with Crippen molar-refractivity contribution in [3.63, 3.8) is 0 Å². The number of fused-ring (bicyclic) bond motifs is 10. The van der Waals surface area contributed by atoms with Crippen molar-refractivity contribution in [2.24, 2.45) is 0 Å². The Bertz CT molecular complexity index is 4210. The predicted molar refractivity (Wildman–Crippen MR) is 326 cm³/mol. The number of aliphatic carboxylic acids is 1. The summed E-state index contributed by atoms with van der Waals surface area (Å²) in [6.45, 7) is 0. The molecular weight excluding hydrogens is 1280 g/mol. The predicted octanol–water partition coefficient (Wildman–Crippen LogP) is 9.20. The van der Waals surface area contributed by atoms with Gasteiger partial charge in [0.25, 0.3) is 5.91 Å². The number of Topliss-reactive ketones (excluding diaryl/α,β-unsaturated/α-hetero) is 1. The summed E-state index contributed by atoms with van der Waals surface area (Å²) in [5, 5.41) is 75.1. The molecular formula is C61H45Cl6N7O15. The van der Waals surface area contributed by atoms with Crippen molar-refractivity contribution in [3.05, 3.63) is 191 Å². The van der Waals surface area contributed by atoms with E-state index in [1.807, 2.05) is 0 Å². The Morgan fingerprint density at radius 3 is 1.71 bits per heavy atom. The number of benzene rings is 7. The number of carboxylic acids is 1. The van der Waals surface area contributed by atoms with E-state index in [0.29, 0.717) is 22.0 Å². The van der Waals surface area contributed by atoms with E-state index >= 15 is 19.2 Å². The number of carbonyl (C=O) groups is 8. The van der Waals surface area contributed by atoms with Gasteiger partial charge in [0, 0.05) is 48.2 Å². The van der Waals surface area contributed by atoms with Gasteiger partial charge in [0.15, 0.2) is 34.8 Å². The molecule has 0 saturated heterocycles. The Balaban J connectivity index is 1.16. The van der Waals surface area contributed by atoms with Crippen LogP contribution in [0.4, 0.5) is 0 Å². The Morgan fingerprint density at radius 2 is 1.13 bits per heavy atom. The number of carboxylic acid groups (broad SMARTS) is 1. The van der Waals surface area contributed by atoms with Crippen LogP contribution >= 0.6 is 69.6 Å². The number of H-pyrrole nitrogens is 1. The van der Waals surface area contributed by atoms with Crippen LogP contribution in [0.1, 0.15) is 67.9 Å². The summed E-state index contributed by atoms with van der Waals surface area (Å²) in [5.41, 5.74) is 0.227. The molecule has 0 radical (unpaired) electrons. The molecule has 0 unspecified atom stereocenters. The summed E-state index contributed by atoms with van der Waals surface area (Å²) in [4.78, 5) is 121. The smallest absolute Gasteiger partial charge is 0.330 e. The van der Waals surface area contributed by atoms with Crippen LogP contribution in [0.2, 0.25) is 30.1 Å². The van der Waals surface area contributed by atoms with Crippen LogP contribution in [0.15, 0.2) is 121 Å². The average Bonchev–Trinajstić information content (AvgIpc) is 1.86. The number of amides is 6. The maximum atomic E-state index is 15.8. The number of phenolic OH excluding ortho intramolecular Hbond substituents is 5. The molecule has 6 atom stereocenters. The number of likely N-dealkylation sites (N-methyl/N-ethyl adjacent to an activating group) is 1. The van der Waals surface area contributed by atoms with Gasteiger partial charge in [-0.1, -0.05) is 112 Å². The van der Waals surface area contributed by atoms with E-state index in [1.165, 1.54) is 73.9 Å². The standard InChI is InChI=1S/C61H45Cl6N7O15/c1-74-43(56(82)73-48(61(87)88)25-7-9-31(75)10-8-25)13-24-5-11-32(12-6-24)89-44-22-26-14-35(51(44)77)34-4-2-3-33-30(23-68-49(33)34)21-42(69-59(85)50(76)29-19-40(66)54(80)41(67)20-29)55(81)70-46(27-15-36(62)52(78)37(63)16-27)57(83)71-45(26)58(84)72-47(60(74)86)28-17-38(64)53(79)39(65)18-28/h2-12,14-20,22-23,42-43,45-48,68,75,77-80H,13,21H2,1H3,(H,69,85)(H,70,81)(H,71,83)(H,72,84)(H,73,82)(H,87,88)/t42-,43-,45+,46-,47-,48-/m0/s1. The molecule has 22 nitrogen and oxygen atoms in total. The number of nitrogens with zero attached hydrogens (tertiary/aromatic N) is 1. The van der Waals surface area contributed by atoms with E-state index in [4.69, 9.17) is 74.3 Å². The maximum absolute atomic E-state index is 15.8. The van der Waals surface area contributed by atoms with E-state index in [2.05, 4.69) is 31.6 Å². The van der Waals surface area contributed by atoms with Crippen LogP contribution in [0.3, 0.4) is 0 Å². The van der Waals surface area contributed by atoms with Crippen LogP contribution in [0.5, 0.6) is 40.2 Å². The fourth-order valence-electron chi connectivity index (χ4n) is 10.3. The summed E-state index contributed by atoms with van der Waals surface area (Å²) < 4.78 is 6.40. The summed E-state index contributed by atoms with van der Waals surface area (Å²) in [6, 6.07) is 13.3. The van der Waals surface area contributed by atoms with Crippen LogP contribution in [0, 0.1) is 0 Å². The van der Waals surface area contributed by atoms with Gasteiger partial charge in [0.1, 0.15) is 41.7 Å². The van der Waals surface area contributed by atoms with Crippen molar-refractivity contribution in [1.82, 2.24) is 36.5 Å². The lowest BCUT2D eigenvalue weighted by atomic mass is 9.94. The molecule has 4 heterocycles. The highest BCUT2D eigenvalue weighted by Gasteiger charge is 2.40. The molecule has 11 rings (SSSR count). The number of para-hydroxylation sites is 1. The second-order valence-corrected chi connectivity index (χ2v) is 23.0. The van der Waals surface area contributed by atoms with E-state index < -0.39 is 133 Å². The minimum absolute atomic E-state index is 0.0362. The van der Waals surface area contributed by atoms with Gasteiger partial charge >= 0.3 is 5.97 Å². The number of aromatic hydroxyl groups is 5. The SMILES string of the molecule is CN1C(=O)[C@H](c2cc(Cl)c(O)c(Cl)c2)NC(=O)[C@@H]2NC(=O)[C@H](c3cc(Cl)c(O)c(Cl)c3)NC(=O)[C@@H](NC(=O)C(=O)c3cc(Cl)c(O)c(Cl)c3)Cc3c[nH]c4c(cccc34)-c3cc2cc(c3O)Oc2ccc(cc2)C[C@H]1C(=O)N[C@H](C(=O)O)c1ccc(O)cc1. The molecule has 89 heavy (non-hydrogen) atoms. The molecule has 1 aromatic heterocycles. The summed E-state index contributed by atoms with van der Waals surface area (Å²) in [6.07, 6.45) is 0.734. The lowest BCUT2D eigenvalue weighted by molar-refractivity contribution is -0.145. The maximum Gasteiger partial charge on any atom is 0.330 e. The Kier molecular flexibility index (Phi) is 17.8. The van der Waals surface area contributed by atoms with Crippen molar-refractivity contribution in [2.75, 3.05) is 7.05 Å². The molecule has 9 bridgehead atoms. The summed E-state index contributed by atoms with van der Waals surface area (Å²) >= 11 is 38.1. The zero-order valence-electron chi connectivity index (χ0n) is 45.5. The van der Waals surface area contributed by atoms with Gasteiger partial charge in [-0.15, -0.1) is 0 Å². The molecule has 0 fully saturated rings. The minimum atomic E-state index is -2.08. The third-order valence-corrected chi connectivity index (χ3v) is 16.6. The van der Waals surface area contributed by atoms with Crippen LogP contribution in [0.25, 0.3) is 22.0 Å². The third kappa shape index (κ3) is 12.8. The fourth-order valence-corrected chi connectivity index (χ4v) is 11.7. The summed E-state index contributed by atoms with van der Waals surface area (Å²) in [7, 11) is 1.19. The number of halogens is 6. The number of phenols is 5. The quantitative estimate of drug-likeness (QED) is 0.0473. The molecule has 0 aliphatic carbocycles. The highest BCUT2D eigenvalue weighted by Crippen LogP contribution is 2.46. The second-order valence-electron chi connectivity index (χ2n) is 20.6. The number of hydrogen-bond donors (Lipinski definition) is 12. The van der Waals surface area contributed by atoms with Crippen molar-refractivity contribution < 1.29 is 73.7 Å². The molecule has 8 aromatic rings. The molecule has 0 spiro atoms. The first-order valence-corrected chi connectivity index (χ1v) is 28.7. The average molecular weight is 1330 g/mol. The zero-order chi connectivity index (χ0) is 64.0. The minimum Gasteiger partial charge on any atom is -0.508 e. The van der Waals surface area contributed by atoms with Crippen LogP contribution in [-0.2, 0) is 46.4 Å². The normalized spacial score (nSPS) is 18.2. The fraction of sp³-hybridized carbons (Fsp3) is 0.148. The Labute approximate surface area is 532 Å². The van der Waals surface area contributed by atoms with Gasteiger partial charge in [-0.05, 0) is 106 Å². The number of nitrogens with one attached hydrogen (secondary N) is 6. The molecule has 3 aliphatic rings. The van der Waals surface area contributed by atoms with Gasteiger partial charge < -0.3 is 71.8 Å². The number of aromatic nitrogens is 1. The molecule has 3 aliphatic heterocycles. The van der Waals surface area contributed by atoms with Crippen molar-refractivity contribution in [3.8, 4) is 51.4 Å². The lowest BCUT2D eigenvalue weighted by Crippen LogP contribution is -2.54.